The summed E-state index contributed by atoms with van der Waals surface area (Å²) in [6.07, 6.45) is 2.61. The topological polar surface area (TPSA) is 157 Å². The van der Waals surface area contributed by atoms with E-state index in [2.05, 4.69) is 9.37 Å². The zero-order valence-corrected chi connectivity index (χ0v) is 19.8. The van der Waals surface area contributed by atoms with Crippen molar-refractivity contribution in [2.24, 2.45) is 0 Å². The molecule has 0 amide bonds. The van der Waals surface area contributed by atoms with Crippen LogP contribution < -0.4 is 0 Å². The summed E-state index contributed by atoms with van der Waals surface area (Å²) in [4.78, 5) is 0. The number of ether oxygens (including phenoxy) is 1. The van der Waals surface area contributed by atoms with Crippen molar-refractivity contribution in [2.45, 2.75) is 52.1 Å². The minimum atomic E-state index is -4.07. The third kappa shape index (κ3) is 13.4. The van der Waals surface area contributed by atoms with Crippen LogP contribution in [0.3, 0.4) is 0 Å². The van der Waals surface area contributed by atoms with E-state index in [1.54, 1.807) is 0 Å². The fraction of sp³-hybridized carbons (Fsp3) is 0.667. The Morgan fingerprint density at radius 3 is 1.97 bits per heavy atom. The summed E-state index contributed by atoms with van der Waals surface area (Å²) in [6, 6.07) is 3.85. The van der Waals surface area contributed by atoms with Crippen molar-refractivity contribution >= 4 is 32.3 Å². The van der Waals surface area contributed by atoms with Crippen molar-refractivity contribution in [3.63, 3.8) is 0 Å². The van der Waals surface area contributed by atoms with E-state index in [1.807, 2.05) is 19.1 Å². The van der Waals surface area contributed by atoms with Crippen LogP contribution in [-0.4, -0.2) is 55.1 Å². The number of hydrogen-bond donors (Lipinski definition) is 3. The van der Waals surface area contributed by atoms with E-state index >= 15 is 0 Å². The molecule has 0 saturated carbocycles. The number of hydrogen-bond acceptors (Lipinski definition) is 9. The maximum absolute atomic E-state index is 11.1. The maximum Gasteiger partial charge on any atom is 0.264 e. The van der Waals surface area contributed by atoms with Crippen molar-refractivity contribution in [1.82, 2.24) is 0 Å². The van der Waals surface area contributed by atoms with Gasteiger partial charge in [-0.15, -0.1) is 4.33 Å². The summed E-state index contributed by atoms with van der Waals surface area (Å²) < 4.78 is 72.1. The lowest BCUT2D eigenvalue weighted by atomic mass is 9.91. The van der Waals surface area contributed by atoms with Crippen LogP contribution in [0.5, 0.6) is 0 Å². The van der Waals surface area contributed by atoms with Gasteiger partial charge in [0, 0.05) is 24.4 Å². The lowest BCUT2D eigenvalue weighted by Crippen LogP contribution is -2.10. The van der Waals surface area contributed by atoms with Crippen molar-refractivity contribution in [3.05, 3.63) is 34.4 Å². The molecule has 0 spiro atoms. The lowest BCUT2D eigenvalue weighted by Gasteiger charge is -2.18. The van der Waals surface area contributed by atoms with Crippen LogP contribution >= 0.6 is 12.0 Å². The van der Waals surface area contributed by atoms with Crippen LogP contribution in [0, 0.1) is 0 Å². The summed E-state index contributed by atoms with van der Waals surface area (Å²) in [5.74, 6) is -0.172. The Hall–Kier alpha value is -0.770. The molecule has 0 heterocycles. The van der Waals surface area contributed by atoms with Gasteiger partial charge < -0.3 is 4.74 Å². The van der Waals surface area contributed by atoms with Crippen LogP contribution in [0.1, 0.15) is 48.4 Å². The predicted molar refractivity (Wildman–Crippen MR) is 117 cm³/mol. The van der Waals surface area contributed by atoms with Gasteiger partial charge in [0.1, 0.15) is 0 Å². The molecule has 0 aliphatic carbocycles. The second-order valence-corrected chi connectivity index (χ2v) is 10.8. The third-order valence-electron chi connectivity index (χ3n) is 4.41. The first kappa shape index (κ1) is 28.3. The second-order valence-electron chi connectivity index (χ2n) is 6.88. The summed E-state index contributed by atoms with van der Waals surface area (Å²) in [5.41, 5.74) is 3.65. The molecule has 0 unspecified atom stereocenters. The van der Waals surface area contributed by atoms with Crippen molar-refractivity contribution in [1.29, 1.82) is 0 Å². The monoisotopic (exact) mass is 502 g/mol. The highest BCUT2D eigenvalue weighted by Gasteiger charge is 2.14. The Labute approximate surface area is 187 Å². The minimum absolute atomic E-state index is 0.226. The fourth-order valence-electron chi connectivity index (χ4n) is 3.13. The molecule has 1 aromatic carbocycles. The number of aryl methyl sites for hydroxylation is 3. The fourth-order valence-corrected chi connectivity index (χ4v) is 4.52. The number of benzene rings is 1. The zero-order chi connectivity index (χ0) is 23.3. The molecule has 0 aromatic heterocycles. The van der Waals surface area contributed by atoms with Crippen LogP contribution in [0.25, 0.3) is 0 Å². The molecule has 0 aliphatic heterocycles. The van der Waals surface area contributed by atoms with Gasteiger partial charge in [-0.05, 0) is 67.7 Å². The third-order valence-corrected chi connectivity index (χ3v) is 6.64. The molecule has 10 nitrogen and oxygen atoms in total. The van der Waals surface area contributed by atoms with E-state index < -0.39 is 20.2 Å². The first-order chi connectivity index (χ1) is 14.6. The SMILES string of the molecule is CCOCc1c(CCCSOOO)cc(CCCS(=O)(=O)O)cc1CCCS(=O)(=O)O. The molecule has 180 valence electrons. The summed E-state index contributed by atoms with van der Waals surface area (Å²) in [6.45, 7) is 2.70. The van der Waals surface area contributed by atoms with Gasteiger partial charge in [-0.25, -0.2) is 5.26 Å². The van der Waals surface area contributed by atoms with Gasteiger partial charge in [-0.1, -0.05) is 17.2 Å². The van der Waals surface area contributed by atoms with Crippen LogP contribution in [0.15, 0.2) is 12.1 Å². The Bertz CT molecular complexity index is 869. The average molecular weight is 503 g/mol. The smallest absolute Gasteiger partial charge is 0.264 e. The van der Waals surface area contributed by atoms with Gasteiger partial charge in [0.2, 0.25) is 0 Å². The van der Waals surface area contributed by atoms with E-state index in [-0.39, 0.29) is 24.3 Å². The summed E-state index contributed by atoms with van der Waals surface area (Å²) >= 11 is 0.945. The maximum atomic E-state index is 11.1. The standard InChI is InChI=1S/C18H30O10S3/c1-2-26-14-18-16(7-3-9-29-28-27-19)12-15(6-4-10-30(20,21)22)13-17(18)8-5-11-31(23,24)25/h12-13,19H,2-11,14H2,1H3,(H,20,21,22)(H,23,24,25). The van der Waals surface area contributed by atoms with Gasteiger partial charge >= 0.3 is 0 Å². The van der Waals surface area contributed by atoms with E-state index in [0.717, 1.165) is 34.3 Å². The molecule has 0 saturated heterocycles. The predicted octanol–water partition coefficient (Wildman–Crippen LogP) is 2.87. The Kier molecular flexibility index (Phi) is 13.1. The van der Waals surface area contributed by atoms with E-state index in [0.29, 0.717) is 44.6 Å². The van der Waals surface area contributed by atoms with Gasteiger partial charge in [0.25, 0.3) is 20.2 Å². The quantitative estimate of drug-likeness (QED) is 0.0946. The normalized spacial score (nSPS) is 12.4. The van der Waals surface area contributed by atoms with E-state index in [4.69, 9.17) is 19.1 Å². The van der Waals surface area contributed by atoms with Gasteiger partial charge in [0.05, 0.1) is 18.1 Å². The molecule has 0 fully saturated rings. The largest absolute Gasteiger partial charge is 0.377 e. The molecule has 0 aliphatic rings. The van der Waals surface area contributed by atoms with E-state index in [1.165, 1.54) is 0 Å². The summed E-state index contributed by atoms with van der Waals surface area (Å²) in [7, 11) is -8.12. The molecule has 3 N–H and O–H groups in total. The van der Waals surface area contributed by atoms with Crippen molar-refractivity contribution < 1.29 is 45.3 Å². The second kappa shape index (κ2) is 14.4. The average Bonchev–Trinajstić information content (AvgIpc) is 2.65. The highest BCUT2D eigenvalue weighted by Crippen LogP contribution is 2.24. The van der Waals surface area contributed by atoms with Gasteiger partial charge in [-0.3, -0.25) is 9.11 Å². The minimum Gasteiger partial charge on any atom is -0.377 e. The zero-order valence-electron chi connectivity index (χ0n) is 17.4. The first-order valence-corrected chi connectivity index (χ1v) is 13.9. The molecule has 1 rings (SSSR count). The molecule has 1 aromatic rings. The Morgan fingerprint density at radius 2 is 1.45 bits per heavy atom. The molecular formula is C18H30O10S3. The highest BCUT2D eigenvalue weighted by atomic mass is 32.2. The van der Waals surface area contributed by atoms with E-state index in [9.17, 15) is 16.8 Å². The van der Waals surface area contributed by atoms with Crippen molar-refractivity contribution in [2.75, 3.05) is 23.9 Å². The molecule has 13 heteroatoms. The molecule has 0 radical (unpaired) electrons. The number of rotatable bonds is 17. The molecule has 0 atom stereocenters. The van der Waals surface area contributed by atoms with Crippen LogP contribution in [-0.2, 0) is 60.2 Å². The van der Waals surface area contributed by atoms with Crippen molar-refractivity contribution in [3.8, 4) is 0 Å². The van der Waals surface area contributed by atoms with Gasteiger partial charge in [-0.2, -0.15) is 16.8 Å². The van der Waals surface area contributed by atoms with Crippen LogP contribution in [0.2, 0.25) is 0 Å². The molecule has 31 heavy (non-hydrogen) atoms. The molecule has 0 bridgehead atoms. The van der Waals surface area contributed by atoms with Gasteiger partial charge in [0.15, 0.2) is 0 Å². The first-order valence-electron chi connectivity index (χ1n) is 9.77. The molecular weight excluding hydrogens is 472 g/mol. The highest BCUT2D eigenvalue weighted by molar-refractivity contribution is 7.94. The Balaban J connectivity index is 3.09. The summed E-state index contributed by atoms with van der Waals surface area (Å²) in [5, 5.41) is 11.8. The van der Waals surface area contributed by atoms with Crippen LogP contribution in [0.4, 0.5) is 0 Å². The lowest BCUT2D eigenvalue weighted by molar-refractivity contribution is -0.432. The Morgan fingerprint density at radius 1 is 0.903 bits per heavy atom.